The first-order valence-electron chi connectivity index (χ1n) is 7.40. The van der Waals surface area contributed by atoms with Gasteiger partial charge in [0.15, 0.2) is 0 Å². The number of nitrogens with one attached hydrogen (secondary N) is 1. The van der Waals surface area contributed by atoms with Crippen molar-refractivity contribution < 1.29 is 14.3 Å². The molecule has 0 bridgehead atoms. The van der Waals surface area contributed by atoms with E-state index in [1.807, 2.05) is 0 Å². The molecule has 1 aromatic carbocycles. The van der Waals surface area contributed by atoms with Gasteiger partial charge in [-0.25, -0.2) is 0 Å². The summed E-state index contributed by atoms with van der Waals surface area (Å²) in [6.45, 7) is 0.668. The van der Waals surface area contributed by atoms with E-state index in [2.05, 4.69) is 5.32 Å². The number of rotatable bonds is 5. The number of amides is 1. The Kier molecular flexibility index (Phi) is 7.48. The summed E-state index contributed by atoms with van der Waals surface area (Å²) in [5.74, 6) is 1.55. The summed E-state index contributed by atoms with van der Waals surface area (Å²) in [7, 11) is 3.13. The fourth-order valence-corrected chi connectivity index (χ4v) is 2.84. The number of benzene rings is 1. The zero-order valence-corrected chi connectivity index (χ0v) is 13.9. The van der Waals surface area contributed by atoms with Gasteiger partial charge in [0.2, 0.25) is 0 Å². The standard InChI is InChI=1S/C16H24N2O3.ClH/c1-20-13-6-7-14(15(9-13)21-2)16(19)18-10-11-4-3-5-12(17)8-11;/h6-7,9,11-12H,3-5,8,10,17H2,1-2H3,(H,18,19);1H. The number of halogens is 1. The highest BCUT2D eigenvalue weighted by molar-refractivity contribution is 5.97. The summed E-state index contributed by atoms with van der Waals surface area (Å²) in [5.41, 5.74) is 6.50. The van der Waals surface area contributed by atoms with Crippen molar-refractivity contribution in [2.75, 3.05) is 20.8 Å². The molecule has 6 heteroatoms. The molecule has 1 fully saturated rings. The number of nitrogens with two attached hydrogens (primary N) is 1. The van der Waals surface area contributed by atoms with Crippen molar-refractivity contribution in [2.45, 2.75) is 31.7 Å². The molecule has 0 saturated heterocycles. The van der Waals surface area contributed by atoms with Crippen LogP contribution in [0.4, 0.5) is 0 Å². The molecule has 0 aromatic heterocycles. The SMILES string of the molecule is COc1ccc(C(=O)NCC2CCCC(N)C2)c(OC)c1.Cl. The van der Waals surface area contributed by atoms with Gasteiger partial charge in [-0.15, -0.1) is 12.4 Å². The number of hydrogen-bond acceptors (Lipinski definition) is 4. The van der Waals surface area contributed by atoms with Crippen LogP contribution in [-0.4, -0.2) is 32.7 Å². The van der Waals surface area contributed by atoms with Gasteiger partial charge < -0.3 is 20.5 Å². The molecule has 1 aromatic rings. The van der Waals surface area contributed by atoms with Gasteiger partial charge in [-0.1, -0.05) is 6.42 Å². The summed E-state index contributed by atoms with van der Waals surface area (Å²) in [4.78, 5) is 12.3. The maximum Gasteiger partial charge on any atom is 0.255 e. The molecule has 2 atom stereocenters. The van der Waals surface area contributed by atoms with Crippen LogP contribution >= 0.6 is 12.4 Å². The lowest BCUT2D eigenvalue weighted by molar-refractivity contribution is 0.0939. The summed E-state index contributed by atoms with van der Waals surface area (Å²) < 4.78 is 10.4. The Hall–Kier alpha value is -1.46. The van der Waals surface area contributed by atoms with E-state index in [0.717, 1.165) is 25.7 Å². The van der Waals surface area contributed by atoms with Crippen molar-refractivity contribution in [1.29, 1.82) is 0 Å². The van der Waals surface area contributed by atoms with E-state index < -0.39 is 0 Å². The van der Waals surface area contributed by atoms with Gasteiger partial charge in [-0.05, 0) is 37.3 Å². The van der Waals surface area contributed by atoms with Crippen molar-refractivity contribution in [3.63, 3.8) is 0 Å². The van der Waals surface area contributed by atoms with Crippen LogP contribution < -0.4 is 20.5 Å². The highest BCUT2D eigenvalue weighted by Gasteiger charge is 2.20. The Morgan fingerprint density at radius 2 is 2.09 bits per heavy atom. The molecule has 1 saturated carbocycles. The highest BCUT2D eigenvalue weighted by atomic mass is 35.5. The van der Waals surface area contributed by atoms with Gasteiger partial charge in [0, 0.05) is 18.7 Å². The van der Waals surface area contributed by atoms with Crippen molar-refractivity contribution >= 4 is 18.3 Å². The number of ether oxygens (including phenoxy) is 2. The quantitative estimate of drug-likeness (QED) is 0.870. The fraction of sp³-hybridized carbons (Fsp3) is 0.562. The van der Waals surface area contributed by atoms with Crippen molar-refractivity contribution in [3.8, 4) is 11.5 Å². The number of carbonyl (C=O) groups excluding carboxylic acids is 1. The summed E-state index contributed by atoms with van der Waals surface area (Å²) in [6, 6.07) is 5.47. The third kappa shape index (κ3) is 4.78. The first-order valence-corrected chi connectivity index (χ1v) is 7.40. The van der Waals surface area contributed by atoms with Crippen LogP contribution in [0.1, 0.15) is 36.0 Å². The Morgan fingerprint density at radius 1 is 1.32 bits per heavy atom. The highest BCUT2D eigenvalue weighted by Crippen LogP contribution is 2.25. The van der Waals surface area contributed by atoms with Crippen LogP contribution in [0.3, 0.4) is 0 Å². The van der Waals surface area contributed by atoms with E-state index in [1.165, 1.54) is 0 Å². The van der Waals surface area contributed by atoms with E-state index in [1.54, 1.807) is 32.4 Å². The first-order chi connectivity index (χ1) is 10.1. The molecule has 1 amide bonds. The van der Waals surface area contributed by atoms with E-state index in [4.69, 9.17) is 15.2 Å². The van der Waals surface area contributed by atoms with Crippen LogP contribution in [0.2, 0.25) is 0 Å². The minimum atomic E-state index is -0.117. The minimum absolute atomic E-state index is 0. The average molecular weight is 329 g/mol. The lowest BCUT2D eigenvalue weighted by Crippen LogP contribution is -2.35. The second-order valence-electron chi connectivity index (χ2n) is 5.57. The van der Waals surface area contributed by atoms with Gasteiger partial charge >= 0.3 is 0 Å². The van der Waals surface area contributed by atoms with Crippen LogP contribution in [0, 0.1) is 5.92 Å². The Balaban J connectivity index is 0.00000242. The molecule has 22 heavy (non-hydrogen) atoms. The maximum atomic E-state index is 12.3. The molecule has 124 valence electrons. The van der Waals surface area contributed by atoms with Gasteiger partial charge in [0.05, 0.1) is 19.8 Å². The molecule has 5 nitrogen and oxygen atoms in total. The molecule has 3 N–H and O–H groups in total. The number of carbonyl (C=O) groups is 1. The summed E-state index contributed by atoms with van der Waals surface area (Å²) >= 11 is 0. The van der Waals surface area contributed by atoms with E-state index in [0.29, 0.717) is 29.5 Å². The smallest absolute Gasteiger partial charge is 0.255 e. The lowest BCUT2D eigenvalue weighted by Gasteiger charge is -2.26. The largest absolute Gasteiger partial charge is 0.497 e. The molecule has 0 heterocycles. The topological polar surface area (TPSA) is 73.6 Å². The minimum Gasteiger partial charge on any atom is -0.497 e. The third-order valence-corrected chi connectivity index (χ3v) is 4.03. The zero-order chi connectivity index (χ0) is 15.2. The summed E-state index contributed by atoms with van der Waals surface area (Å²) in [5, 5.41) is 2.99. The van der Waals surface area contributed by atoms with Gasteiger partial charge in [0.25, 0.3) is 5.91 Å². The van der Waals surface area contributed by atoms with Crippen molar-refractivity contribution in [2.24, 2.45) is 11.7 Å². The second-order valence-corrected chi connectivity index (χ2v) is 5.57. The van der Waals surface area contributed by atoms with Crippen molar-refractivity contribution in [3.05, 3.63) is 23.8 Å². The average Bonchev–Trinajstić information content (AvgIpc) is 2.52. The zero-order valence-electron chi connectivity index (χ0n) is 13.1. The molecular formula is C16H25ClN2O3. The van der Waals surface area contributed by atoms with Crippen LogP contribution in [-0.2, 0) is 0 Å². The van der Waals surface area contributed by atoms with Crippen LogP contribution in [0.15, 0.2) is 18.2 Å². The van der Waals surface area contributed by atoms with Crippen LogP contribution in [0.25, 0.3) is 0 Å². The molecule has 1 aliphatic rings. The van der Waals surface area contributed by atoms with Crippen molar-refractivity contribution in [1.82, 2.24) is 5.32 Å². The number of hydrogen-bond donors (Lipinski definition) is 2. The molecule has 0 spiro atoms. The van der Waals surface area contributed by atoms with Gasteiger partial charge in [-0.2, -0.15) is 0 Å². The van der Waals surface area contributed by atoms with Gasteiger partial charge in [0.1, 0.15) is 11.5 Å². The van der Waals surface area contributed by atoms with Crippen LogP contribution in [0.5, 0.6) is 11.5 Å². The monoisotopic (exact) mass is 328 g/mol. The Labute approximate surface area is 138 Å². The predicted molar refractivity (Wildman–Crippen MR) is 89.1 cm³/mol. The third-order valence-electron chi connectivity index (χ3n) is 4.03. The fourth-order valence-electron chi connectivity index (χ4n) is 2.84. The second kappa shape index (κ2) is 8.86. The molecule has 0 aliphatic heterocycles. The molecule has 2 rings (SSSR count). The summed E-state index contributed by atoms with van der Waals surface area (Å²) in [6.07, 6.45) is 4.36. The molecule has 0 radical (unpaired) electrons. The number of methoxy groups -OCH3 is 2. The first kappa shape index (κ1) is 18.6. The molecular weight excluding hydrogens is 304 g/mol. The molecule has 2 unspecified atom stereocenters. The predicted octanol–water partition coefficient (Wildman–Crippen LogP) is 2.37. The van der Waals surface area contributed by atoms with E-state index >= 15 is 0 Å². The molecule has 1 aliphatic carbocycles. The van der Waals surface area contributed by atoms with E-state index in [9.17, 15) is 4.79 Å². The Bertz CT molecular complexity index is 496. The Morgan fingerprint density at radius 3 is 2.73 bits per heavy atom. The normalized spacial score (nSPS) is 20.7. The maximum absolute atomic E-state index is 12.3. The lowest BCUT2D eigenvalue weighted by atomic mass is 9.86. The van der Waals surface area contributed by atoms with E-state index in [-0.39, 0.29) is 24.4 Å². The van der Waals surface area contributed by atoms with Gasteiger partial charge in [-0.3, -0.25) is 4.79 Å².